The standard InChI is InChI=1S/C17H30F3N5O.HI/c1-21-15(23-13-6-9-25(10-13)12-17(18,19)20)22-11-16(7-4-5-8-16)14(26)24(2)3;/h13H,4-12H2,1-3H3,(H2,21,22,23);1H. The van der Waals surface area contributed by atoms with Crippen LogP contribution in [0.4, 0.5) is 13.2 Å². The van der Waals surface area contributed by atoms with Crippen molar-refractivity contribution in [3.8, 4) is 0 Å². The van der Waals surface area contributed by atoms with E-state index in [4.69, 9.17) is 0 Å². The van der Waals surface area contributed by atoms with Crippen LogP contribution in [-0.2, 0) is 4.79 Å². The fourth-order valence-electron chi connectivity index (χ4n) is 3.98. The highest BCUT2D eigenvalue weighted by Crippen LogP contribution is 2.38. The molecule has 0 radical (unpaired) electrons. The summed E-state index contributed by atoms with van der Waals surface area (Å²) in [7, 11) is 5.17. The zero-order valence-electron chi connectivity index (χ0n) is 16.2. The quantitative estimate of drug-likeness (QED) is 0.341. The van der Waals surface area contributed by atoms with E-state index in [-0.39, 0.29) is 35.9 Å². The molecule has 2 fully saturated rings. The molecule has 0 spiro atoms. The molecule has 6 nitrogen and oxygen atoms in total. The van der Waals surface area contributed by atoms with E-state index in [1.54, 1.807) is 26.0 Å². The van der Waals surface area contributed by atoms with Crippen LogP contribution in [0.25, 0.3) is 0 Å². The summed E-state index contributed by atoms with van der Waals surface area (Å²) in [6, 6.07) is -0.0763. The number of hydrogen-bond acceptors (Lipinski definition) is 3. The van der Waals surface area contributed by atoms with Crippen LogP contribution in [0.3, 0.4) is 0 Å². The molecule has 2 rings (SSSR count). The summed E-state index contributed by atoms with van der Waals surface area (Å²) in [5.74, 6) is 0.664. The summed E-state index contributed by atoms with van der Waals surface area (Å²) in [6.45, 7) is 0.361. The minimum absolute atomic E-state index is 0. The number of hydrogen-bond donors (Lipinski definition) is 2. The van der Waals surface area contributed by atoms with Crippen LogP contribution in [0.1, 0.15) is 32.1 Å². The number of nitrogens with zero attached hydrogens (tertiary/aromatic N) is 3. The summed E-state index contributed by atoms with van der Waals surface area (Å²) in [4.78, 5) is 19.8. The van der Waals surface area contributed by atoms with Crippen molar-refractivity contribution in [2.45, 2.75) is 44.3 Å². The second-order valence-electron chi connectivity index (χ2n) is 7.59. The van der Waals surface area contributed by atoms with Gasteiger partial charge in [-0.25, -0.2) is 0 Å². The lowest BCUT2D eigenvalue weighted by Crippen LogP contribution is -2.51. The first kappa shape index (κ1) is 24.3. The molecule has 1 saturated heterocycles. The van der Waals surface area contributed by atoms with E-state index in [1.807, 2.05) is 0 Å². The zero-order valence-corrected chi connectivity index (χ0v) is 18.6. The second-order valence-corrected chi connectivity index (χ2v) is 7.59. The van der Waals surface area contributed by atoms with Gasteiger partial charge in [-0.05, 0) is 19.3 Å². The molecule has 2 N–H and O–H groups in total. The summed E-state index contributed by atoms with van der Waals surface area (Å²) in [6.07, 6.45) is 0.215. The van der Waals surface area contributed by atoms with Gasteiger partial charge in [0.1, 0.15) is 0 Å². The molecular weight excluding hydrogens is 474 g/mol. The third kappa shape index (κ3) is 6.95. The predicted octanol–water partition coefficient (Wildman–Crippen LogP) is 2.05. The lowest BCUT2D eigenvalue weighted by atomic mass is 9.84. The molecule has 0 aromatic rings. The number of halogens is 4. The van der Waals surface area contributed by atoms with Crippen LogP contribution in [-0.4, -0.2) is 81.2 Å². The van der Waals surface area contributed by atoms with Gasteiger partial charge in [0.2, 0.25) is 5.91 Å². The summed E-state index contributed by atoms with van der Waals surface area (Å²) in [5, 5.41) is 6.42. The Morgan fingerprint density at radius 1 is 1.30 bits per heavy atom. The average molecular weight is 505 g/mol. The van der Waals surface area contributed by atoms with Crippen molar-refractivity contribution in [2.24, 2.45) is 10.4 Å². The molecule has 1 saturated carbocycles. The summed E-state index contributed by atoms with van der Waals surface area (Å²) >= 11 is 0. The number of carbonyl (C=O) groups excluding carboxylic acids is 1. The molecule has 27 heavy (non-hydrogen) atoms. The molecule has 1 aliphatic heterocycles. The van der Waals surface area contributed by atoms with Crippen LogP contribution >= 0.6 is 24.0 Å². The van der Waals surface area contributed by atoms with Gasteiger partial charge in [-0.3, -0.25) is 14.7 Å². The summed E-state index contributed by atoms with van der Waals surface area (Å²) in [5.41, 5.74) is -0.418. The number of nitrogens with one attached hydrogen (secondary N) is 2. The van der Waals surface area contributed by atoms with Gasteiger partial charge in [-0.1, -0.05) is 12.8 Å². The highest BCUT2D eigenvalue weighted by atomic mass is 127. The molecule has 0 bridgehead atoms. The number of rotatable bonds is 5. The minimum atomic E-state index is -4.17. The maximum atomic E-state index is 12.6. The number of aliphatic imine (C=N–C) groups is 1. The van der Waals surface area contributed by atoms with Gasteiger partial charge in [0.25, 0.3) is 0 Å². The molecule has 158 valence electrons. The first-order valence-corrected chi connectivity index (χ1v) is 9.13. The monoisotopic (exact) mass is 505 g/mol. The third-order valence-electron chi connectivity index (χ3n) is 5.25. The van der Waals surface area contributed by atoms with Crippen molar-refractivity contribution in [2.75, 3.05) is 47.3 Å². The Bertz CT molecular complexity index is 521. The number of carbonyl (C=O) groups is 1. The van der Waals surface area contributed by atoms with Crippen LogP contribution in [0.2, 0.25) is 0 Å². The van der Waals surface area contributed by atoms with Crippen LogP contribution in [0.5, 0.6) is 0 Å². The van der Waals surface area contributed by atoms with Gasteiger partial charge in [-0.15, -0.1) is 24.0 Å². The Labute approximate surface area is 176 Å². The molecule has 1 unspecified atom stereocenters. The van der Waals surface area contributed by atoms with Crippen molar-refractivity contribution in [3.05, 3.63) is 0 Å². The fourth-order valence-corrected chi connectivity index (χ4v) is 3.98. The SMILES string of the molecule is CN=C(NCC1(C(=O)N(C)C)CCCC1)NC1CCN(CC(F)(F)F)C1.I. The van der Waals surface area contributed by atoms with Gasteiger partial charge < -0.3 is 15.5 Å². The number of likely N-dealkylation sites (tertiary alicyclic amines) is 1. The maximum absolute atomic E-state index is 12.6. The highest BCUT2D eigenvalue weighted by molar-refractivity contribution is 14.0. The van der Waals surface area contributed by atoms with E-state index in [1.165, 1.54) is 4.90 Å². The average Bonchev–Trinajstić information content (AvgIpc) is 3.19. The topological polar surface area (TPSA) is 60.0 Å². The molecule has 1 atom stereocenters. The maximum Gasteiger partial charge on any atom is 0.401 e. The Hall–Kier alpha value is -0.780. The van der Waals surface area contributed by atoms with Gasteiger partial charge in [0, 0.05) is 46.8 Å². The number of amides is 1. The van der Waals surface area contributed by atoms with E-state index in [9.17, 15) is 18.0 Å². The Kier molecular flexibility index (Phi) is 9.10. The molecule has 0 aromatic heterocycles. The third-order valence-corrected chi connectivity index (χ3v) is 5.25. The molecule has 0 aromatic carbocycles. The first-order chi connectivity index (χ1) is 12.1. The first-order valence-electron chi connectivity index (χ1n) is 9.13. The van der Waals surface area contributed by atoms with Crippen molar-refractivity contribution < 1.29 is 18.0 Å². The largest absolute Gasteiger partial charge is 0.401 e. The second kappa shape index (κ2) is 10.1. The molecule has 1 heterocycles. The van der Waals surface area contributed by atoms with Crippen molar-refractivity contribution >= 4 is 35.8 Å². The lowest BCUT2D eigenvalue weighted by molar-refractivity contribution is -0.143. The van der Waals surface area contributed by atoms with E-state index in [0.29, 0.717) is 32.0 Å². The van der Waals surface area contributed by atoms with Gasteiger partial charge in [0.05, 0.1) is 12.0 Å². The molecule has 10 heteroatoms. The van der Waals surface area contributed by atoms with Gasteiger partial charge in [0.15, 0.2) is 5.96 Å². The normalized spacial score (nSPS) is 23.0. The Balaban J connectivity index is 0.00000364. The minimum Gasteiger partial charge on any atom is -0.355 e. The Morgan fingerprint density at radius 2 is 1.93 bits per heavy atom. The van der Waals surface area contributed by atoms with Crippen LogP contribution < -0.4 is 10.6 Å². The van der Waals surface area contributed by atoms with Crippen molar-refractivity contribution in [1.29, 1.82) is 0 Å². The number of guanidine groups is 1. The molecular formula is C17H31F3IN5O. The van der Waals surface area contributed by atoms with E-state index < -0.39 is 18.1 Å². The van der Waals surface area contributed by atoms with Crippen LogP contribution in [0.15, 0.2) is 4.99 Å². The van der Waals surface area contributed by atoms with E-state index >= 15 is 0 Å². The van der Waals surface area contributed by atoms with Crippen molar-refractivity contribution in [1.82, 2.24) is 20.4 Å². The molecule has 1 amide bonds. The highest BCUT2D eigenvalue weighted by Gasteiger charge is 2.42. The molecule has 2 aliphatic rings. The molecule has 1 aliphatic carbocycles. The smallest absolute Gasteiger partial charge is 0.355 e. The number of alkyl halides is 3. The Morgan fingerprint density at radius 3 is 2.44 bits per heavy atom. The van der Waals surface area contributed by atoms with Gasteiger partial charge >= 0.3 is 6.18 Å². The van der Waals surface area contributed by atoms with Crippen LogP contribution in [0, 0.1) is 5.41 Å². The fraction of sp³-hybridized carbons (Fsp3) is 0.882. The van der Waals surface area contributed by atoms with Crippen molar-refractivity contribution in [3.63, 3.8) is 0 Å². The van der Waals surface area contributed by atoms with E-state index in [2.05, 4.69) is 15.6 Å². The summed E-state index contributed by atoms with van der Waals surface area (Å²) < 4.78 is 37.5. The van der Waals surface area contributed by atoms with Gasteiger partial charge in [-0.2, -0.15) is 13.2 Å². The van der Waals surface area contributed by atoms with E-state index in [0.717, 1.165) is 25.7 Å². The lowest BCUT2D eigenvalue weighted by Gasteiger charge is -2.31. The predicted molar refractivity (Wildman–Crippen MR) is 110 cm³/mol. The zero-order chi connectivity index (χ0) is 19.4.